The zero-order valence-electron chi connectivity index (χ0n) is 9.29. The number of benzene rings is 1. The average molecular weight is 225 g/mol. The SMILES string of the molecule is COC.O=[N+]([O-])c1ccc(C=CCO)cc1. The highest BCUT2D eigenvalue weighted by atomic mass is 16.6. The van der Waals surface area contributed by atoms with Gasteiger partial charge >= 0.3 is 0 Å². The summed E-state index contributed by atoms with van der Waals surface area (Å²) >= 11 is 0. The number of ether oxygens (including phenoxy) is 1. The van der Waals surface area contributed by atoms with Crippen molar-refractivity contribution in [1.29, 1.82) is 0 Å². The van der Waals surface area contributed by atoms with Gasteiger partial charge in [0, 0.05) is 26.4 Å². The van der Waals surface area contributed by atoms with E-state index in [1.807, 2.05) is 0 Å². The van der Waals surface area contributed by atoms with Gasteiger partial charge in [-0.05, 0) is 17.7 Å². The first-order chi connectivity index (χ1) is 7.65. The van der Waals surface area contributed by atoms with Crippen LogP contribution < -0.4 is 0 Å². The van der Waals surface area contributed by atoms with Gasteiger partial charge in [-0.3, -0.25) is 10.1 Å². The highest BCUT2D eigenvalue weighted by molar-refractivity contribution is 5.51. The van der Waals surface area contributed by atoms with Gasteiger partial charge in [-0.1, -0.05) is 12.2 Å². The first-order valence-electron chi connectivity index (χ1n) is 4.57. The first kappa shape index (κ1) is 14.3. The highest BCUT2D eigenvalue weighted by Gasteiger charge is 2.01. The standard InChI is InChI=1S/C9H9NO3.C2H6O/c11-7-1-2-8-3-5-9(6-4-8)10(12)13;1-3-2/h1-6,11H,7H2;1-2H3. The quantitative estimate of drug-likeness (QED) is 0.629. The van der Waals surface area contributed by atoms with Crippen LogP contribution in [0.3, 0.4) is 0 Å². The predicted molar refractivity (Wildman–Crippen MR) is 62.1 cm³/mol. The van der Waals surface area contributed by atoms with Crippen LogP contribution in [0.15, 0.2) is 30.3 Å². The van der Waals surface area contributed by atoms with Crippen molar-refractivity contribution in [3.05, 3.63) is 46.0 Å². The second-order valence-corrected chi connectivity index (χ2v) is 2.84. The lowest BCUT2D eigenvalue weighted by Gasteiger charge is -1.92. The molecule has 1 aromatic rings. The molecule has 0 spiro atoms. The molecule has 1 N–H and O–H groups in total. The zero-order valence-corrected chi connectivity index (χ0v) is 9.29. The van der Waals surface area contributed by atoms with Crippen LogP contribution in [-0.2, 0) is 4.74 Å². The van der Waals surface area contributed by atoms with E-state index in [0.29, 0.717) is 0 Å². The number of nitrogens with zero attached hydrogens (tertiary/aromatic N) is 1. The van der Waals surface area contributed by atoms with Gasteiger partial charge in [-0.2, -0.15) is 0 Å². The topological polar surface area (TPSA) is 72.6 Å². The molecule has 0 fully saturated rings. The Kier molecular flexibility index (Phi) is 7.66. The van der Waals surface area contributed by atoms with E-state index in [-0.39, 0.29) is 12.3 Å². The molecule has 0 aliphatic heterocycles. The van der Waals surface area contributed by atoms with Gasteiger partial charge in [0.15, 0.2) is 0 Å². The molecule has 0 saturated carbocycles. The van der Waals surface area contributed by atoms with Crippen molar-refractivity contribution in [2.75, 3.05) is 20.8 Å². The monoisotopic (exact) mass is 225 g/mol. The minimum absolute atomic E-state index is 0.0308. The number of rotatable bonds is 3. The van der Waals surface area contributed by atoms with Crippen molar-refractivity contribution in [2.24, 2.45) is 0 Å². The van der Waals surface area contributed by atoms with E-state index in [0.717, 1.165) is 5.56 Å². The van der Waals surface area contributed by atoms with Gasteiger partial charge in [0.05, 0.1) is 11.5 Å². The van der Waals surface area contributed by atoms with Crippen LogP contribution in [0, 0.1) is 10.1 Å². The number of methoxy groups -OCH3 is 1. The third kappa shape index (κ3) is 5.90. The van der Waals surface area contributed by atoms with Crippen LogP contribution in [-0.4, -0.2) is 30.9 Å². The maximum Gasteiger partial charge on any atom is 0.269 e. The van der Waals surface area contributed by atoms with E-state index in [2.05, 4.69) is 4.74 Å². The van der Waals surface area contributed by atoms with Crippen LogP contribution in [0.25, 0.3) is 6.08 Å². The molecule has 1 aromatic carbocycles. The van der Waals surface area contributed by atoms with Crippen molar-refractivity contribution in [2.45, 2.75) is 0 Å². The van der Waals surface area contributed by atoms with Crippen LogP contribution in [0.5, 0.6) is 0 Å². The number of nitro benzene ring substituents is 1. The normalized spacial score (nSPS) is 9.69. The molecule has 0 aliphatic carbocycles. The minimum Gasteiger partial charge on any atom is -0.392 e. The Morgan fingerprint density at radius 1 is 1.38 bits per heavy atom. The second-order valence-electron chi connectivity index (χ2n) is 2.84. The van der Waals surface area contributed by atoms with Gasteiger partial charge < -0.3 is 9.84 Å². The summed E-state index contributed by atoms with van der Waals surface area (Å²) in [5.41, 5.74) is 0.904. The Hall–Kier alpha value is -1.72. The van der Waals surface area contributed by atoms with E-state index >= 15 is 0 Å². The summed E-state index contributed by atoms with van der Waals surface area (Å²) in [6.07, 6.45) is 3.27. The fourth-order valence-corrected chi connectivity index (χ4v) is 0.896. The van der Waals surface area contributed by atoms with Crippen molar-refractivity contribution in [3.63, 3.8) is 0 Å². The molecule has 5 heteroatoms. The molecule has 0 amide bonds. The molecule has 5 nitrogen and oxygen atoms in total. The van der Waals surface area contributed by atoms with Crippen LogP contribution in [0.2, 0.25) is 0 Å². The number of nitro groups is 1. The van der Waals surface area contributed by atoms with Crippen molar-refractivity contribution < 1.29 is 14.8 Å². The molecule has 1 rings (SSSR count). The summed E-state index contributed by atoms with van der Waals surface area (Å²) < 4.78 is 4.25. The molecular weight excluding hydrogens is 210 g/mol. The second kappa shape index (κ2) is 8.58. The van der Waals surface area contributed by atoms with Crippen LogP contribution in [0.1, 0.15) is 5.56 Å². The van der Waals surface area contributed by atoms with Crippen molar-refractivity contribution >= 4 is 11.8 Å². The van der Waals surface area contributed by atoms with Gasteiger partial charge in [0.1, 0.15) is 0 Å². The third-order valence-corrected chi connectivity index (χ3v) is 1.52. The number of aliphatic hydroxyl groups excluding tert-OH is 1. The minimum atomic E-state index is -0.445. The number of hydrogen-bond donors (Lipinski definition) is 1. The molecule has 16 heavy (non-hydrogen) atoms. The fraction of sp³-hybridized carbons (Fsp3) is 0.273. The number of non-ortho nitro benzene ring substituents is 1. The van der Waals surface area contributed by atoms with Crippen molar-refractivity contribution in [3.8, 4) is 0 Å². The smallest absolute Gasteiger partial charge is 0.269 e. The Labute approximate surface area is 94.1 Å². The summed E-state index contributed by atoms with van der Waals surface area (Å²) in [7, 11) is 3.25. The summed E-state index contributed by atoms with van der Waals surface area (Å²) in [6, 6.07) is 6.11. The molecule has 0 unspecified atom stereocenters. The Bertz CT molecular complexity index is 332. The first-order valence-corrected chi connectivity index (χ1v) is 4.57. The Morgan fingerprint density at radius 2 is 1.88 bits per heavy atom. The van der Waals surface area contributed by atoms with Gasteiger partial charge in [0.25, 0.3) is 5.69 Å². The van der Waals surface area contributed by atoms with E-state index in [1.54, 1.807) is 38.5 Å². The van der Waals surface area contributed by atoms with Gasteiger partial charge in [-0.25, -0.2) is 0 Å². The maximum atomic E-state index is 10.3. The molecule has 88 valence electrons. The third-order valence-electron chi connectivity index (χ3n) is 1.52. The van der Waals surface area contributed by atoms with Gasteiger partial charge in [0.2, 0.25) is 0 Å². The molecule has 0 saturated heterocycles. The van der Waals surface area contributed by atoms with E-state index in [9.17, 15) is 10.1 Å². The number of aliphatic hydroxyl groups is 1. The predicted octanol–water partition coefficient (Wildman–Crippen LogP) is 1.86. The molecule has 0 atom stereocenters. The fourth-order valence-electron chi connectivity index (χ4n) is 0.896. The molecule has 0 bridgehead atoms. The summed E-state index contributed by atoms with van der Waals surface area (Å²) in [5.74, 6) is 0. The molecular formula is C11H15NO4. The summed E-state index contributed by atoms with van der Waals surface area (Å²) in [4.78, 5) is 9.83. The lowest BCUT2D eigenvalue weighted by atomic mass is 10.2. The largest absolute Gasteiger partial charge is 0.392 e. The average Bonchev–Trinajstić information content (AvgIpc) is 2.28. The highest BCUT2D eigenvalue weighted by Crippen LogP contribution is 2.12. The van der Waals surface area contributed by atoms with Crippen LogP contribution in [0.4, 0.5) is 5.69 Å². The van der Waals surface area contributed by atoms with E-state index in [4.69, 9.17) is 5.11 Å². The lowest BCUT2D eigenvalue weighted by Crippen LogP contribution is -1.86. The molecule has 0 aliphatic rings. The summed E-state index contributed by atoms with van der Waals surface area (Å²) in [6.45, 7) is -0.0308. The molecule has 0 heterocycles. The molecule has 0 aromatic heterocycles. The Balaban J connectivity index is 0.000000673. The van der Waals surface area contributed by atoms with Gasteiger partial charge in [-0.15, -0.1) is 0 Å². The molecule has 0 radical (unpaired) electrons. The number of hydrogen-bond acceptors (Lipinski definition) is 4. The Morgan fingerprint density at radius 3 is 2.25 bits per heavy atom. The maximum absolute atomic E-state index is 10.3. The van der Waals surface area contributed by atoms with E-state index < -0.39 is 4.92 Å². The van der Waals surface area contributed by atoms with E-state index in [1.165, 1.54) is 12.1 Å². The van der Waals surface area contributed by atoms with Crippen molar-refractivity contribution in [1.82, 2.24) is 0 Å². The summed E-state index contributed by atoms with van der Waals surface area (Å²) in [5, 5.41) is 18.7. The van der Waals surface area contributed by atoms with Crippen LogP contribution >= 0.6 is 0 Å². The zero-order chi connectivity index (χ0) is 12.4. The lowest BCUT2D eigenvalue weighted by molar-refractivity contribution is -0.384.